The molecule has 4 heteroatoms. The molecule has 0 aliphatic heterocycles. The summed E-state index contributed by atoms with van der Waals surface area (Å²) in [6, 6.07) is 23.2. The third-order valence-corrected chi connectivity index (χ3v) is 4.34. The second-order valence-electron chi connectivity index (χ2n) is 7.53. The average molecular weight is 373 g/mol. The monoisotopic (exact) mass is 373 g/mol. The van der Waals surface area contributed by atoms with Gasteiger partial charge < -0.3 is 10.1 Å². The summed E-state index contributed by atoms with van der Waals surface area (Å²) in [6.07, 6.45) is 0. The van der Waals surface area contributed by atoms with E-state index >= 15 is 0 Å². The molecule has 3 aromatic rings. The maximum absolute atomic E-state index is 12.7. The van der Waals surface area contributed by atoms with E-state index in [1.54, 1.807) is 54.6 Å². The van der Waals surface area contributed by atoms with E-state index in [1.807, 2.05) is 24.3 Å². The topological polar surface area (TPSA) is 55.4 Å². The summed E-state index contributed by atoms with van der Waals surface area (Å²) in [6.45, 7) is 6.23. The second kappa shape index (κ2) is 8.09. The van der Waals surface area contributed by atoms with Gasteiger partial charge >= 0.3 is 5.97 Å². The van der Waals surface area contributed by atoms with E-state index in [0.29, 0.717) is 22.6 Å². The van der Waals surface area contributed by atoms with Crippen molar-refractivity contribution >= 4 is 17.6 Å². The molecule has 0 aromatic heterocycles. The van der Waals surface area contributed by atoms with Crippen molar-refractivity contribution in [2.45, 2.75) is 26.2 Å². The molecule has 4 nitrogen and oxygen atoms in total. The Morgan fingerprint density at radius 1 is 0.821 bits per heavy atom. The summed E-state index contributed by atoms with van der Waals surface area (Å²) in [5.74, 6) is -0.344. The Balaban J connectivity index is 1.94. The van der Waals surface area contributed by atoms with Crippen LogP contribution in [0.5, 0.6) is 5.75 Å². The number of carbonyl (C=O) groups excluding carboxylic acids is 2. The van der Waals surface area contributed by atoms with Crippen LogP contribution < -0.4 is 10.1 Å². The third kappa shape index (κ3) is 4.65. The van der Waals surface area contributed by atoms with Gasteiger partial charge in [-0.05, 0) is 47.4 Å². The lowest BCUT2D eigenvalue weighted by molar-refractivity contribution is 0.0736. The molecule has 0 radical (unpaired) electrons. The Hall–Kier alpha value is -3.40. The minimum atomic E-state index is -0.518. The van der Waals surface area contributed by atoms with Crippen molar-refractivity contribution in [1.29, 1.82) is 0 Å². The van der Waals surface area contributed by atoms with Gasteiger partial charge in [0, 0.05) is 5.56 Å². The third-order valence-electron chi connectivity index (χ3n) is 4.34. The summed E-state index contributed by atoms with van der Waals surface area (Å²) in [4.78, 5) is 25.4. The normalized spacial score (nSPS) is 11.0. The molecule has 1 N–H and O–H groups in total. The molecular weight excluding hydrogens is 350 g/mol. The van der Waals surface area contributed by atoms with E-state index in [-0.39, 0.29) is 11.3 Å². The van der Waals surface area contributed by atoms with E-state index in [9.17, 15) is 9.59 Å². The molecular formula is C24H23NO3. The number of hydrogen-bond acceptors (Lipinski definition) is 3. The molecule has 0 atom stereocenters. The molecule has 0 spiro atoms. The largest absolute Gasteiger partial charge is 0.423 e. The van der Waals surface area contributed by atoms with Crippen LogP contribution in [0.25, 0.3) is 0 Å². The van der Waals surface area contributed by atoms with Gasteiger partial charge in [0.15, 0.2) is 0 Å². The Kier molecular flexibility index (Phi) is 5.59. The fourth-order valence-corrected chi connectivity index (χ4v) is 2.73. The van der Waals surface area contributed by atoms with Crippen molar-refractivity contribution in [3.05, 3.63) is 95.6 Å². The maximum Gasteiger partial charge on any atom is 0.345 e. The summed E-state index contributed by atoms with van der Waals surface area (Å²) in [5.41, 5.74) is 2.13. The fourth-order valence-electron chi connectivity index (χ4n) is 2.73. The van der Waals surface area contributed by atoms with Crippen LogP contribution in [-0.2, 0) is 5.41 Å². The molecule has 1 amide bonds. The van der Waals surface area contributed by atoms with Gasteiger partial charge in [0.25, 0.3) is 5.91 Å². The van der Waals surface area contributed by atoms with Gasteiger partial charge in [0.05, 0.1) is 11.3 Å². The Bertz CT molecular complexity index is 974. The molecule has 0 unspecified atom stereocenters. The van der Waals surface area contributed by atoms with Crippen molar-refractivity contribution in [3.63, 3.8) is 0 Å². The van der Waals surface area contributed by atoms with Gasteiger partial charge in [0.1, 0.15) is 5.75 Å². The SMILES string of the molecule is CC(C)(C)c1ccc(C(=O)Oc2ccccc2)c(NC(=O)c2ccccc2)c1. The summed E-state index contributed by atoms with van der Waals surface area (Å²) in [5, 5.41) is 2.87. The van der Waals surface area contributed by atoms with Crippen molar-refractivity contribution in [2.24, 2.45) is 0 Å². The molecule has 0 bridgehead atoms. The number of esters is 1. The molecule has 0 saturated carbocycles. The Labute approximate surface area is 165 Å². The zero-order chi connectivity index (χ0) is 20.1. The van der Waals surface area contributed by atoms with Crippen LogP contribution in [0.2, 0.25) is 0 Å². The minimum Gasteiger partial charge on any atom is -0.423 e. The van der Waals surface area contributed by atoms with Crippen LogP contribution in [0.4, 0.5) is 5.69 Å². The zero-order valence-electron chi connectivity index (χ0n) is 16.2. The minimum absolute atomic E-state index is 0.131. The summed E-state index contributed by atoms with van der Waals surface area (Å²) < 4.78 is 5.46. The molecule has 28 heavy (non-hydrogen) atoms. The van der Waals surface area contributed by atoms with E-state index in [1.165, 1.54) is 0 Å². The number of rotatable bonds is 4. The van der Waals surface area contributed by atoms with Gasteiger partial charge in [0.2, 0.25) is 0 Å². The van der Waals surface area contributed by atoms with Crippen LogP contribution in [0.3, 0.4) is 0 Å². The highest BCUT2D eigenvalue weighted by Gasteiger charge is 2.21. The van der Waals surface area contributed by atoms with Crippen LogP contribution >= 0.6 is 0 Å². The van der Waals surface area contributed by atoms with Gasteiger partial charge in [-0.15, -0.1) is 0 Å². The number of amides is 1. The predicted molar refractivity (Wildman–Crippen MR) is 111 cm³/mol. The fraction of sp³-hybridized carbons (Fsp3) is 0.167. The molecule has 3 rings (SSSR count). The van der Waals surface area contributed by atoms with Crippen molar-refractivity contribution in [3.8, 4) is 5.75 Å². The number of anilines is 1. The molecule has 0 aliphatic carbocycles. The van der Waals surface area contributed by atoms with Gasteiger partial charge in [-0.1, -0.05) is 63.2 Å². The van der Waals surface area contributed by atoms with Crippen LogP contribution in [0.1, 0.15) is 47.1 Å². The van der Waals surface area contributed by atoms with E-state index in [4.69, 9.17) is 4.74 Å². The Morgan fingerprint density at radius 2 is 1.43 bits per heavy atom. The number of nitrogens with one attached hydrogen (secondary N) is 1. The van der Waals surface area contributed by atoms with E-state index in [2.05, 4.69) is 26.1 Å². The summed E-state index contributed by atoms with van der Waals surface area (Å²) in [7, 11) is 0. The number of ether oxygens (including phenoxy) is 1. The van der Waals surface area contributed by atoms with Gasteiger partial charge in [-0.2, -0.15) is 0 Å². The van der Waals surface area contributed by atoms with Gasteiger partial charge in [-0.25, -0.2) is 4.79 Å². The number of hydrogen-bond donors (Lipinski definition) is 1. The van der Waals surface area contributed by atoms with E-state index in [0.717, 1.165) is 5.56 Å². The second-order valence-corrected chi connectivity index (χ2v) is 7.53. The van der Waals surface area contributed by atoms with Crippen molar-refractivity contribution in [1.82, 2.24) is 0 Å². The summed E-state index contributed by atoms with van der Waals surface area (Å²) >= 11 is 0. The molecule has 0 fully saturated rings. The smallest absolute Gasteiger partial charge is 0.345 e. The molecule has 3 aromatic carbocycles. The highest BCUT2D eigenvalue weighted by atomic mass is 16.5. The van der Waals surface area contributed by atoms with Crippen molar-refractivity contribution in [2.75, 3.05) is 5.32 Å². The quantitative estimate of drug-likeness (QED) is 0.488. The van der Waals surface area contributed by atoms with Crippen LogP contribution in [0, 0.1) is 0 Å². The molecule has 0 aliphatic rings. The van der Waals surface area contributed by atoms with Crippen molar-refractivity contribution < 1.29 is 14.3 Å². The first-order chi connectivity index (χ1) is 13.3. The number of benzene rings is 3. The maximum atomic E-state index is 12.7. The predicted octanol–water partition coefficient (Wildman–Crippen LogP) is 5.46. The molecule has 142 valence electrons. The molecule has 0 saturated heterocycles. The standard InChI is InChI=1S/C24H23NO3/c1-24(2,3)18-14-15-20(23(27)28-19-12-8-5-9-13-19)21(16-18)25-22(26)17-10-6-4-7-11-17/h4-16H,1-3H3,(H,25,26). The molecule has 0 heterocycles. The lowest BCUT2D eigenvalue weighted by Crippen LogP contribution is -2.19. The lowest BCUT2D eigenvalue weighted by Gasteiger charge is -2.21. The van der Waals surface area contributed by atoms with Crippen LogP contribution in [-0.4, -0.2) is 11.9 Å². The highest BCUT2D eigenvalue weighted by molar-refractivity contribution is 6.08. The number of carbonyl (C=O) groups is 2. The first kappa shape index (κ1) is 19.4. The first-order valence-electron chi connectivity index (χ1n) is 9.13. The van der Waals surface area contributed by atoms with Crippen LogP contribution in [0.15, 0.2) is 78.9 Å². The highest BCUT2D eigenvalue weighted by Crippen LogP contribution is 2.28. The zero-order valence-corrected chi connectivity index (χ0v) is 16.2. The van der Waals surface area contributed by atoms with Gasteiger partial charge in [-0.3, -0.25) is 4.79 Å². The Morgan fingerprint density at radius 3 is 2.04 bits per heavy atom. The average Bonchev–Trinajstić information content (AvgIpc) is 2.68. The van der Waals surface area contributed by atoms with E-state index < -0.39 is 5.97 Å². The first-order valence-corrected chi connectivity index (χ1v) is 9.13. The lowest BCUT2D eigenvalue weighted by atomic mass is 9.86. The number of para-hydroxylation sites is 1.